The van der Waals surface area contributed by atoms with E-state index < -0.39 is 7.12 Å². The van der Waals surface area contributed by atoms with Crippen LogP contribution in [0.1, 0.15) is 5.56 Å². The Morgan fingerprint density at radius 1 is 1.26 bits per heavy atom. The maximum atomic E-state index is 9.30. The Morgan fingerprint density at radius 3 is 2.74 bits per heavy atom. The van der Waals surface area contributed by atoms with E-state index in [1.807, 2.05) is 24.3 Å². The van der Waals surface area contributed by atoms with Crippen LogP contribution in [-0.4, -0.2) is 29.3 Å². The summed E-state index contributed by atoms with van der Waals surface area (Å²) in [6.45, 7) is 0. The Hall–Kier alpha value is -1.50. The third kappa shape index (κ3) is 3.73. The van der Waals surface area contributed by atoms with Gasteiger partial charge in [-0.2, -0.15) is 0 Å². The molecule has 0 unspecified atom stereocenters. The second-order valence-corrected chi connectivity index (χ2v) is 4.90. The van der Waals surface area contributed by atoms with E-state index in [4.69, 9.17) is 4.74 Å². The normalized spacial score (nSPS) is 10.3. The molecule has 6 heteroatoms. The average molecular weight is 275 g/mol. The topological polar surface area (TPSA) is 62.6 Å². The van der Waals surface area contributed by atoms with E-state index in [-0.39, 0.29) is 0 Å². The van der Waals surface area contributed by atoms with Gasteiger partial charge in [-0.1, -0.05) is 18.2 Å². The molecule has 0 fully saturated rings. The summed E-state index contributed by atoms with van der Waals surface area (Å²) in [6, 6.07) is 11.1. The minimum Gasteiger partial charge on any atom is -0.497 e. The summed E-state index contributed by atoms with van der Waals surface area (Å²) in [7, 11) is -0.0291. The minimum absolute atomic E-state index is 0.377. The first-order valence-electron chi connectivity index (χ1n) is 5.77. The summed E-state index contributed by atoms with van der Waals surface area (Å²) in [5.41, 5.74) is 1.36. The van der Waals surface area contributed by atoms with Gasteiger partial charge in [0.15, 0.2) is 0 Å². The van der Waals surface area contributed by atoms with Crippen molar-refractivity contribution in [1.82, 2.24) is 4.98 Å². The molecular formula is C13H14BNO3S. The molecule has 0 aliphatic heterocycles. The van der Waals surface area contributed by atoms with Crippen LogP contribution in [0.4, 0.5) is 0 Å². The van der Waals surface area contributed by atoms with Crippen LogP contribution in [0, 0.1) is 0 Å². The van der Waals surface area contributed by atoms with Gasteiger partial charge in [-0.15, -0.1) is 11.8 Å². The molecule has 0 saturated carbocycles. The minimum atomic E-state index is -1.53. The van der Waals surface area contributed by atoms with Gasteiger partial charge in [0.1, 0.15) is 5.75 Å². The van der Waals surface area contributed by atoms with Gasteiger partial charge in [-0.25, -0.2) is 4.98 Å². The van der Waals surface area contributed by atoms with E-state index in [9.17, 15) is 10.0 Å². The van der Waals surface area contributed by atoms with Gasteiger partial charge in [-0.3, -0.25) is 0 Å². The number of thioether (sulfide) groups is 1. The number of rotatable bonds is 5. The monoisotopic (exact) mass is 275 g/mol. The lowest BCUT2D eigenvalue weighted by Gasteiger charge is -2.09. The van der Waals surface area contributed by atoms with Gasteiger partial charge >= 0.3 is 7.12 Å². The van der Waals surface area contributed by atoms with Gasteiger partial charge in [0, 0.05) is 17.4 Å². The molecular weight excluding hydrogens is 261 g/mol. The fraction of sp³-hybridized carbons (Fsp3) is 0.154. The molecule has 2 rings (SSSR count). The molecule has 0 radical (unpaired) electrons. The van der Waals surface area contributed by atoms with Crippen LogP contribution in [0.25, 0.3) is 0 Å². The second kappa shape index (κ2) is 6.61. The van der Waals surface area contributed by atoms with Crippen molar-refractivity contribution in [3.63, 3.8) is 0 Å². The largest absolute Gasteiger partial charge is 0.497 e. The molecule has 0 spiro atoms. The highest BCUT2D eigenvalue weighted by Gasteiger charge is 2.17. The summed E-state index contributed by atoms with van der Waals surface area (Å²) in [6.07, 6.45) is 1.75. The standard InChI is InChI=1S/C13H14BNO3S/c1-18-12-6-5-10(8-11(12)14(16)17)9-19-13-4-2-3-7-15-13/h2-8,16-17H,9H2,1H3. The lowest BCUT2D eigenvalue weighted by molar-refractivity contribution is 0.403. The first-order valence-corrected chi connectivity index (χ1v) is 6.76. The highest BCUT2D eigenvalue weighted by molar-refractivity contribution is 7.98. The molecule has 0 saturated heterocycles. The van der Waals surface area contributed by atoms with Crippen molar-refractivity contribution in [2.24, 2.45) is 0 Å². The number of ether oxygens (including phenoxy) is 1. The summed E-state index contributed by atoms with van der Waals surface area (Å²) < 4.78 is 5.09. The fourth-order valence-electron chi connectivity index (χ4n) is 1.67. The molecule has 0 aliphatic rings. The van der Waals surface area contributed by atoms with E-state index >= 15 is 0 Å². The van der Waals surface area contributed by atoms with E-state index in [1.165, 1.54) is 7.11 Å². The van der Waals surface area contributed by atoms with Crippen LogP contribution in [0.15, 0.2) is 47.6 Å². The zero-order valence-electron chi connectivity index (χ0n) is 10.5. The summed E-state index contributed by atoms with van der Waals surface area (Å²) in [5.74, 6) is 1.18. The van der Waals surface area contributed by atoms with Crippen LogP contribution in [0.3, 0.4) is 0 Å². The van der Waals surface area contributed by atoms with Crippen molar-refractivity contribution in [1.29, 1.82) is 0 Å². The van der Waals surface area contributed by atoms with Crippen molar-refractivity contribution < 1.29 is 14.8 Å². The Bertz CT molecular complexity index is 537. The Kier molecular flexibility index (Phi) is 4.84. The van der Waals surface area contributed by atoms with E-state index in [2.05, 4.69) is 4.98 Å². The number of nitrogens with zero attached hydrogens (tertiary/aromatic N) is 1. The molecule has 0 amide bonds. The third-order valence-corrected chi connectivity index (χ3v) is 3.61. The van der Waals surface area contributed by atoms with Crippen molar-refractivity contribution in [3.05, 3.63) is 48.2 Å². The number of pyridine rings is 1. The molecule has 4 nitrogen and oxygen atoms in total. The predicted octanol–water partition coefficient (Wildman–Crippen LogP) is 1.06. The molecule has 0 bridgehead atoms. The molecule has 1 aromatic carbocycles. The number of hydrogen-bond acceptors (Lipinski definition) is 5. The highest BCUT2D eigenvalue weighted by atomic mass is 32.2. The first-order chi connectivity index (χ1) is 9.20. The van der Waals surface area contributed by atoms with Gasteiger partial charge in [0.2, 0.25) is 0 Å². The van der Waals surface area contributed by atoms with Crippen LogP contribution < -0.4 is 10.2 Å². The second-order valence-electron chi connectivity index (χ2n) is 3.91. The molecule has 19 heavy (non-hydrogen) atoms. The molecule has 1 aromatic heterocycles. The lowest BCUT2D eigenvalue weighted by atomic mass is 9.79. The van der Waals surface area contributed by atoms with Crippen LogP contribution in [0.2, 0.25) is 0 Å². The van der Waals surface area contributed by atoms with E-state index in [1.54, 1.807) is 30.1 Å². The first kappa shape index (κ1) is 13.9. The Morgan fingerprint density at radius 2 is 2.11 bits per heavy atom. The predicted molar refractivity (Wildman–Crippen MR) is 76.6 cm³/mol. The van der Waals surface area contributed by atoms with Crippen molar-refractivity contribution in [3.8, 4) is 5.75 Å². The van der Waals surface area contributed by atoms with E-state index in [0.29, 0.717) is 17.0 Å². The fourth-order valence-corrected chi connectivity index (χ4v) is 2.47. The lowest BCUT2D eigenvalue weighted by Crippen LogP contribution is -2.31. The molecule has 2 N–H and O–H groups in total. The van der Waals surface area contributed by atoms with Gasteiger partial charge in [0.25, 0.3) is 0 Å². The zero-order chi connectivity index (χ0) is 13.7. The van der Waals surface area contributed by atoms with E-state index in [0.717, 1.165) is 10.6 Å². The number of methoxy groups -OCH3 is 1. The van der Waals surface area contributed by atoms with Gasteiger partial charge in [0.05, 0.1) is 12.1 Å². The molecule has 2 aromatic rings. The number of aromatic nitrogens is 1. The highest BCUT2D eigenvalue weighted by Crippen LogP contribution is 2.21. The van der Waals surface area contributed by atoms with Crippen molar-refractivity contribution >= 4 is 24.3 Å². The van der Waals surface area contributed by atoms with Gasteiger partial charge < -0.3 is 14.8 Å². The maximum Gasteiger partial charge on any atom is 0.492 e. The average Bonchev–Trinajstić information content (AvgIpc) is 2.46. The number of hydrogen-bond donors (Lipinski definition) is 2. The van der Waals surface area contributed by atoms with Gasteiger partial charge in [-0.05, 0) is 23.8 Å². The molecule has 0 atom stereocenters. The summed E-state index contributed by atoms with van der Waals surface area (Å²) >= 11 is 1.59. The number of benzene rings is 1. The molecule has 1 heterocycles. The van der Waals surface area contributed by atoms with Crippen molar-refractivity contribution in [2.75, 3.05) is 7.11 Å². The van der Waals surface area contributed by atoms with Crippen LogP contribution >= 0.6 is 11.8 Å². The quantitative estimate of drug-likeness (QED) is 0.631. The smallest absolute Gasteiger partial charge is 0.492 e. The molecule has 0 aliphatic carbocycles. The van der Waals surface area contributed by atoms with Crippen LogP contribution in [0.5, 0.6) is 5.75 Å². The SMILES string of the molecule is COc1ccc(CSc2ccccn2)cc1B(O)O. The Balaban J connectivity index is 2.11. The molecule has 98 valence electrons. The zero-order valence-corrected chi connectivity index (χ0v) is 11.3. The summed E-state index contributed by atoms with van der Waals surface area (Å²) in [4.78, 5) is 4.22. The van der Waals surface area contributed by atoms with Crippen molar-refractivity contribution in [2.45, 2.75) is 10.8 Å². The maximum absolute atomic E-state index is 9.30. The third-order valence-electron chi connectivity index (χ3n) is 2.60. The summed E-state index contributed by atoms with van der Waals surface area (Å²) in [5, 5.41) is 19.5. The Labute approximate surface area is 116 Å². The van der Waals surface area contributed by atoms with Crippen LogP contribution in [-0.2, 0) is 5.75 Å².